The van der Waals surface area contributed by atoms with Crippen molar-refractivity contribution in [3.63, 3.8) is 0 Å². The van der Waals surface area contributed by atoms with E-state index in [1.807, 2.05) is 12.1 Å². The van der Waals surface area contributed by atoms with Crippen LogP contribution in [0.4, 0.5) is 0 Å². The molecule has 0 aliphatic carbocycles. The Kier molecular flexibility index (Phi) is 3.45. The third-order valence-electron chi connectivity index (χ3n) is 2.92. The van der Waals surface area contributed by atoms with Crippen molar-refractivity contribution in [3.8, 4) is 0 Å². The van der Waals surface area contributed by atoms with Crippen LogP contribution in [0.1, 0.15) is 24.8 Å². The van der Waals surface area contributed by atoms with Gasteiger partial charge in [-0.3, -0.25) is 4.79 Å². The molecular weight excluding hydrogens is 244 g/mol. The van der Waals surface area contributed by atoms with Crippen LogP contribution < -0.4 is 0 Å². The van der Waals surface area contributed by atoms with E-state index < -0.39 is 5.97 Å². The molecule has 0 amide bonds. The Balaban J connectivity index is 2.20. The van der Waals surface area contributed by atoms with Gasteiger partial charge in [-0.25, -0.2) is 0 Å². The van der Waals surface area contributed by atoms with Gasteiger partial charge in [-0.05, 0) is 30.0 Å². The summed E-state index contributed by atoms with van der Waals surface area (Å²) >= 11 is 7.93. The van der Waals surface area contributed by atoms with E-state index in [2.05, 4.69) is 6.07 Å². The minimum atomic E-state index is -0.731. The number of fused-ring (bicyclic) bond motifs is 1. The lowest BCUT2D eigenvalue weighted by atomic mass is 9.91. The summed E-state index contributed by atoms with van der Waals surface area (Å²) in [5.74, 6) is 0.176. The number of thioether (sulfide) groups is 1. The number of aliphatic carboxylic acids is 1. The Hall–Kier alpha value is -0.670. The van der Waals surface area contributed by atoms with Crippen LogP contribution >= 0.6 is 23.4 Å². The molecule has 0 fully saturated rings. The molecule has 0 radical (unpaired) electrons. The van der Waals surface area contributed by atoms with Crippen LogP contribution in [0.2, 0.25) is 5.02 Å². The Labute approximate surface area is 104 Å². The molecule has 1 N–H and O–H groups in total. The number of hydrogen-bond donors (Lipinski definition) is 1. The van der Waals surface area contributed by atoms with Gasteiger partial charge in [0.2, 0.25) is 0 Å². The smallest absolute Gasteiger partial charge is 0.306 e. The lowest BCUT2D eigenvalue weighted by Crippen LogP contribution is -2.13. The Morgan fingerprint density at radius 2 is 2.44 bits per heavy atom. The monoisotopic (exact) mass is 256 g/mol. The molecule has 2 unspecified atom stereocenters. The maximum atomic E-state index is 10.8. The summed E-state index contributed by atoms with van der Waals surface area (Å²) in [5, 5.41) is 9.69. The Morgan fingerprint density at radius 3 is 3.12 bits per heavy atom. The van der Waals surface area contributed by atoms with E-state index in [0.29, 0.717) is 6.42 Å². The number of benzene rings is 1. The first-order valence-electron chi connectivity index (χ1n) is 5.23. The molecule has 2 rings (SSSR count). The van der Waals surface area contributed by atoms with Crippen LogP contribution in [0.15, 0.2) is 23.1 Å². The summed E-state index contributed by atoms with van der Waals surface area (Å²) in [5.41, 5.74) is 1.14. The van der Waals surface area contributed by atoms with E-state index in [9.17, 15) is 4.79 Å². The highest BCUT2D eigenvalue weighted by atomic mass is 35.5. The quantitative estimate of drug-likeness (QED) is 0.897. The fourth-order valence-corrected chi connectivity index (χ4v) is 3.70. The van der Waals surface area contributed by atoms with Crippen LogP contribution in [0.3, 0.4) is 0 Å². The number of halogens is 1. The van der Waals surface area contributed by atoms with Crippen molar-refractivity contribution in [3.05, 3.63) is 28.8 Å². The number of carboxylic acids is 1. The van der Waals surface area contributed by atoms with E-state index in [4.69, 9.17) is 16.7 Å². The van der Waals surface area contributed by atoms with Crippen LogP contribution in [-0.2, 0) is 4.79 Å². The topological polar surface area (TPSA) is 37.3 Å². The van der Waals surface area contributed by atoms with Crippen molar-refractivity contribution in [1.82, 2.24) is 0 Å². The summed E-state index contributed by atoms with van der Waals surface area (Å²) in [4.78, 5) is 12.0. The second-order valence-electron chi connectivity index (χ2n) is 4.13. The van der Waals surface area contributed by atoms with Crippen molar-refractivity contribution in [2.45, 2.75) is 24.2 Å². The van der Waals surface area contributed by atoms with Gasteiger partial charge < -0.3 is 5.11 Å². The highest BCUT2D eigenvalue weighted by Gasteiger charge is 2.28. The number of carboxylic acid groups (broad SMARTS) is 1. The van der Waals surface area contributed by atoms with Gasteiger partial charge in [0.15, 0.2) is 0 Å². The van der Waals surface area contributed by atoms with Gasteiger partial charge in [-0.15, -0.1) is 11.8 Å². The van der Waals surface area contributed by atoms with Gasteiger partial charge in [0.1, 0.15) is 0 Å². The molecule has 1 aliphatic heterocycles. The van der Waals surface area contributed by atoms with Gasteiger partial charge in [0.25, 0.3) is 0 Å². The third-order valence-corrected chi connectivity index (χ3v) is 4.49. The molecule has 0 saturated heterocycles. The highest BCUT2D eigenvalue weighted by Crippen LogP contribution is 2.45. The lowest BCUT2D eigenvalue weighted by Gasteiger charge is -2.14. The van der Waals surface area contributed by atoms with Crippen molar-refractivity contribution < 1.29 is 9.90 Å². The van der Waals surface area contributed by atoms with Crippen LogP contribution in [0.25, 0.3) is 0 Å². The fraction of sp³-hybridized carbons (Fsp3) is 0.417. The number of hydrogen-bond acceptors (Lipinski definition) is 2. The van der Waals surface area contributed by atoms with Crippen molar-refractivity contribution in [2.75, 3.05) is 5.75 Å². The second kappa shape index (κ2) is 4.68. The first-order valence-corrected chi connectivity index (χ1v) is 6.60. The molecule has 2 nitrogen and oxygen atoms in total. The summed E-state index contributed by atoms with van der Waals surface area (Å²) in [6.07, 6.45) is 0.666. The molecule has 16 heavy (non-hydrogen) atoms. The number of rotatable bonds is 3. The first-order chi connectivity index (χ1) is 7.59. The van der Waals surface area contributed by atoms with Crippen molar-refractivity contribution >= 4 is 29.3 Å². The molecular formula is C12H13ClO2S. The van der Waals surface area contributed by atoms with Crippen LogP contribution in [0.5, 0.6) is 0 Å². The zero-order chi connectivity index (χ0) is 11.7. The average molecular weight is 257 g/mol. The molecule has 0 aromatic heterocycles. The van der Waals surface area contributed by atoms with Gasteiger partial charge in [0, 0.05) is 15.7 Å². The Morgan fingerprint density at radius 1 is 1.69 bits per heavy atom. The van der Waals surface area contributed by atoms with E-state index in [1.165, 1.54) is 4.90 Å². The van der Waals surface area contributed by atoms with Gasteiger partial charge in [-0.1, -0.05) is 24.6 Å². The van der Waals surface area contributed by atoms with Crippen LogP contribution in [0, 0.1) is 5.92 Å². The van der Waals surface area contributed by atoms with Crippen LogP contribution in [-0.4, -0.2) is 16.8 Å². The summed E-state index contributed by atoms with van der Waals surface area (Å²) in [6.45, 7) is 1.75. The Bertz CT molecular complexity index is 419. The maximum Gasteiger partial charge on any atom is 0.306 e. The molecule has 86 valence electrons. The normalized spacial score (nSPS) is 20.5. The standard InChI is InChI=1S/C12H13ClO2S/c1-7(12(14)15)5-8-6-16-10-4-2-3-9(13)11(8)10/h2-4,7-8H,5-6H2,1H3,(H,14,15). The molecule has 1 aromatic carbocycles. The first kappa shape index (κ1) is 11.8. The largest absolute Gasteiger partial charge is 0.481 e. The van der Waals surface area contributed by atoms with E-state index in [1.54, 1.807) is 18.7 Å². The molecule has 0 spiro atoms. The van der Waals surface area contributed by atoms with E-state index >= 15 is 0 Å². The average Bonchev–Trinajstić information content (AvgIpc) is 2.63. The third kappa shape index (κ3) is 2.20. The van der Waals surface area contributed by atoms with Crippen molar-refractivity contribution in [2.24, 2.45) is 5.92 Å². The predicted octanol–water partition coefficient (Wildman–Crippen LogP) is 3.64. The molecule has 1 aliphatic rings. The molecule has 1 aromatic rings. The SMILES string of the molecule is CC(CC1CSc2cccc(Cl)c21)C(=O)O. The molecule has 0 saturated carbocycles. The predicted molar refractivity (Wildman–Crippen MR) is 66.3 cm³/mol. The highest BCUT2D eigenvalue weighted by molar-refractivity contribution is 7.99. The van der Waals surface area contributed by atoms with Gasteiger partial charge >= 0.3 is 5.97 Å². The lowest BCUT2D eigenvalue weighted by molar-refractivity contribution is -0.141. The van der Waals surface area contributed by atoms with E-state index in [0.717, 1.165) is 16.3 Å². The van der Waals surface area contributed by atoms with Gasteiger partial charge in [-0.2, -0.15) is 0 Å². The minimum absolute atomic E-state index is 0.278. The molecule has 0 bridgehead atoms. The minimum Gasteiger partial charge on any atom is -0.481 e. The van der Waals surface area contributed by atoms with Gasteiger partial charge in [0.05, 0.1) is 5.92 Å². The summed E-state index contributed by atoms with van der Waals surface area (Å²) in [6, 6.07) is 5.87. The zero-order valence-corrected chi connectivity index (χ0v) is 10.5. The second-order valence-corrected chi connectivity index (χ2v) is 5.60. The maximum absolute atomic E-state index is 10.8. The molecule has 4 heteroatoms. The fourth-order valence-electron chi connectivity index (χ4n) is 2.03. The zero-order valence-electron chi connectivity index (χ0n) is 8.94. The number of carbonyl (C=O) groups is 1. The molecule has 1 heterocycles. The van der Waals surface area contributed by atoms with Crippen molar-refractivity contribution in [1.29, 1.82) is 0 Å². The van der Waals surface area contributed by atoms with E-state index in [-0.39, 0.29) is 11.8 Å². The summed E-state index contributed by atoms with van der Waals surface area (Å²) < 4.78 is 0. The molecule has 2 atom stereocenters. The summed E-state index contributed by atoms with van der Waals surface area (Å²) in [7, 11) is 0.